The number of sulfonamides is 1. The Balaban J connectivity index is 1.60. The number of aryl methyl sites for hydroxylation is 1. The van der Waals surface area contributed by atoms with E-state index < -0.39 is 10.0 Å². The number of hydrogen-bond donors (Lipinski definition) is 0. The van der Waals surface area contributed by atoms with Crippen LogP contribution in [0.2, 0.25) is 0 Å². The van der Waals surface area contributed by atoms with E-state index in [0.717, 1.165) is 23.4 Å². The van der Waals surface area contributed by atoms with Gasteiger partial charge in [-0.25, -0.2) is 18.4 Å². The van der Waals surface area contributed by atoms with E-state index >= 15 is 0 Å². The van der Waals surface area contributed by atoms with Crippen LogP contribution in [0.15, 0.2) is 47.5 Å². The predicted octanol–water partition coefficient (Wildman–Crippen LogP) is 2.16. The lowest BCUT2D eigenvalue weighted by molar-refractivity contribution is 0.414. The number of nitrogens with zero attached hydrogens (tertiary/aromatic N) is 4. The highest BCUT2D eigenvalue weighted by molar-refractivity contribution is 7.89. The molecule has 7 nitrogen and oxygen atoms in total. The van der Waals surface area contributed by atoms with Crippen LogP contribution < -0.4 is 4.74 Å². The molecule has 1 aliphatic heterocycles. The minimum atomic E-state index is -3.52. The van der Waals surface area contributed by atoms with Gasteiger partial charge in [0.25, 0.3) is 0 Å². The van der Waals surface area contributed by atoms with Crippen molar-refractivity contribution < 1.29 is 13.2 Å². The smallest absolute Gasteiger partial charge is 0.243 e. The van der Waals surface area contributed by atoms with E-state index in [2.05, 4.69) is 9.97 Å². The molecule has 0 unspecified atom stereocenters. The topological polar surface area (TPSA) is 77.3 Å². The number of fused-ring (bicyclic) bond motifs is 1. The maximum Gasteiger partial charge on any atom is 0.243 e. The quantitative estimate of drug-likeness (QED) is 0.701. The van der Waals surface area contributed by atoms with Crippen LogP contribution >= 0.6 is 0 Å². The van der Waals surface area contributed by atoms with Crippen LogP contribution in [-0.4, -0.2) is 47.5 Å². The fourth-order valence-electron chi connectivity index (χ4n) is 3.46. The zero-order chi connectivity index (χ0) is 18.3. The van der Waals surface area contributed by atoms with Crippen molar-refractivity contribution >= 4 is 21.2 Å². The summed E-state index contributed by atoms with van der Waals surface area (Å²) in [5.41, 5.74) is 1.65. The molecule has 3 aromatic rings. The number of methoxy groups -OCH3 is 1. The van der Waals surface area contributed by atoms with Crippen molar-refractivity contribution in [3.63, 3.8) is 0 Å². The molecule has 0 saturated carbocycles. The standard InChI is InChI=1S/C18H20N4O3S/c1-21-17(20-16-4-3-10-19-18(16)21)13-9-11-22(12-13)26(23,24)15-7-5-14(25-2)6-8-15/h3-8,10,13H,9,11-12H2,1-2H3/t13-/m1/s1. The van der Waals surface area contributed by atoms with Gasteiger partial charge in [-0.15, -0.1) is 0 Å². The molecule has 0 aliphatic carbocycles. The number of ether oxygens (including phenoxy) is 1. The number of rotatable bonds is 4. The third kappa shape index (κ3) is 2.75. The van der Waals surface area contributed by atoms with Crippen molar-refractivity contribution in [2.45, 2.75) is 17.2 Å². The molecule has 1 saturated heterocycles. The Morgan fingerprint density at radius 2 is 1.96 bits per heavy atom. The van der Waals surface area contributed by atoms with E-state index in [4.69, 9.17) is 4.74 Å². The molecule has 1 aromatic carbocycles. The van der Waals surface area contributed by atoms with E-state index in [1.807, 2.05) is 23.7 Å². The molecule has 0 N–H and O–H groups in total. The molecule has 1 fully saturated rings. The zero-order valence-electron chi connectivity index (χ0n) is 14.7. The summed E-state index contributed by atoms with van der Waals surface area (Å²) in [5, 5.41) is 0. The fraction of sp³-hybridized carbons (Fsp3) is 0.333. The molecule has 26 heavy (non-hydrogen) atoms. The first kappa shape index (κ1) is 17.0. The van der Waals surface area contributed by atoms with Gasteiger partial charge < -0.3 is 9.30 Å². The van der Waals surface area contributed by atoms with E-state index in [9.17, 15) is 8.42 Å². The molecule has 0 bridgehead atoms. The van der Waals surface area contributed by atoms with Gasteiger partial charge in [0.1, 0.15) is 17.1 Å². The first-order valence-corrected chi connectivity index (χ1v) is 9.86. The SMILES string of the molecule is COc1ccc(S(=O)(=O)N2CC[C@@H](c3nc4cccnc4n3C)C2)cc1. The normalized spacial score (nSPS) is 18.5. The lowest BCUT2D eigenvalue weighted by Crippen LogP contribution is -2.28. The van der Waals surface area contributed by atoms with Crippen LogP contribution in [-0.2, 0) is 17.1 Å². The Bertz CT molecular complexity index is 1040. The average Bonchev–Trinajstić information content (AvgIpc) is 3.28. The van der Waals surface area contributed by atoms with Crippen LogP contribution in [0.1, 0.15) is 18.2 Å². The van der Waals surface area contributed by atoms with E-state index in [1.165, 1.54) is 4.31 Å². The minimum absolute atomic E-state index is 0.0576. The molecule has 0 spiro atoms. The van der Waals surface area contributed by atoms with Crippen LogP contribution in [0.25, 0.3) is 11.2 Å². The number of hydrogen-bond acceptors (Lipinski definition) is 5. The van der Waals surface area contributed by atoms with E-state index in [0.29, 0.717) is 18.8 Å². The van der Waals surface area contributed by atoms with Gasteiger partial charge in [-0.3, -0.25) is 0 Å². The summed E-state index contributed by atoms with van der Waals surface area (Å²) in [6, 6.07) is 10.3. The second-order valence-electron chi connectivity index (χ2n) is 6.40. The highest BCUT2D eigenvalue weighted by atomic mass is 32.2. The highest BCUT2D eigenvalue weighted by Crippen LogP contribution is 2.32. The van der Waals surface area contributed by atoms with Crippen molar-refractivity contribution in [1.82, 2.24) is 18.8 Å². The van der Waals surface area contributed by atoms with Crippen LogP contribution in [0, 0.1) is 0 Å². The van der Waals surface area contributed by atoms with Crippen LogP contribution in [0.4, 0.5) is 0 Å². The summed E-state index contributed by atoms with van der Waals surface area (Å²) in [7, 11) is -0.0377. The third-order valence-corrected chi connectivity index (χ3v) is 6.76. The molecule has 0 amide bonds. The molecule has 0 radical (unpaired) electrons. The van der Waals surface area contributed by atoms with Crippen molar-refractivity contribution in [2.75, 3.05) is 20.2 Å². The summed E-state index contributed by atoms with van der Waals surface area (Å²) in [6.07, 6.45) is 2.48. The molecule has 8 heteroatoms. The first-order valence-electron chi connectivity index (χ1n) is 8.42. The van der Waals surface area contributed by atoms with Crippen molar-refractivity contribution in [2.24, 2.45) is 7.05 Å². The molecular formula is C18H20N4O3S. The molecule has 1 aliphatic rings. The lowest BCUT2D eigenvalue weighted by atomic mass is 10.1. The molecule has 1 atom stereocenters. The lowest BCUT2D eigenvalue weighted by Gasteiger charge is -2.17. The maximum absolute atomic E-state index is 12.9. The van der Waals surface area contributed by atoms with Gasteiger partial charge in [0, 0.05) is 32.3 Å². The highest BCUT2D eigenvalue weighted by Gasteiger charge is 2.35. The molecule has 3 heterocycles. The van der Waals surface area contributed by atoms with E-state index in [1.54, 1.807) is 37.6 Å². The van der Waals surface area contributed by atoms with Gasteiger partial charge in [-0.1, -0.05) is 0 Å². The Hall–Kier alpha value is -2.45. The summed E-state index contributed by atoms with van der Waals surface area (Å²) >= 11 is 0. The molecule has 4 rings (SSSR count). The Kier molecular flexibility index (Phi) is 4.16. The summed E-state index contributed by atoms with van der Waals surface area (Å²) in [6.45, 7) is 0.904. The summed E-state index contributed by atoms with van der Waals surface area (Å²) < 4.78 is 34.4. The van der Waals surface area contributed by atoms with Crippen molar-refractivity contribution in [3.05, 3.63) is 48.4 Å². The van der Waals surface area contributed by atoms with Crippen LogP contribution in [0.5, 0.6) is 5.75 Å². The monoisotopic (exact) mass is 372 g/mol. The van der Waals surface area contributed by atoms with Crippen molar-refractivity contribution in [1.29, 1.82) is 0 Å². The second kappa shape index (κ2) is 6.37. The molecule has 2 aromatic heterocycles. The Morgan fingerprint density at radius 1 is 1.19 bits per heavy atom. The summed E-state index contributed by atoms with van der Waals surface area (Å²) in [5.74, 6) is 1.57. The van der Waals surface area contributed by atoms with Crippen LogP contribution in [0.3, 0.4) is 0 Å². The Labute approximate surface area is 152 Å². The summed E-state index contributed by atoms with van der Waals surface area (Å²) in [4.78, 5) is 9.31. The largest absolute Gasteiger partial charge is 0.497 e. The third-order valence-electron chi connectivity index (χ3n) is 4.88. The predicted molar refractivity (Wildman–Crippen MR) is 97.6 cm³/mol. The van der Waals surface area contributed by atoms with Crippen molar-refractivity contribution in [3.8, 4) is 5.75 Å². The minimum Gasteiger partial charge on any atom is -0.497 e. The number of imidazole rings is 1. The Morgan fingerprint density at radius 3 is 2.65 bits per heavy atom. The van der Waals surface area contributed by atoms with E-state index in [-0.39, 0.29) is 10.8 Å². The number of benzene rings is 1. The van der Waals surface area contributed by atoms with Gasteiger partial charge in [0.2, 0.25) is 10.0 Å². The first-order chi connectivity index (χ1) is 12.5. The second-order valence-corrected chi connectivity index (χ2v) is 8.34. The molecule has 136 valence electrons. The zero-order valence-corrected chi connectivity index (χ0v) is 15.5. The van der Waals surface area contributed by atoms with Gasteiger partial charge >= 0.3 is 0 Å². The van der Waals surface area contributed by atoms with Gasteiger partial charge in [0.05, 0.1) is 12.0 Å². The average molecular weight is 372 g/mol. The van der Waals surface area contributed by atoms with Gasteiger partial charge in [-0.2, -0.15) is 4.31 Å². The molecular weight excluding hydrogens is 352 g/mol. The van der Waals surface area contributed by atoms with Gasteiger partial charge in [0.15, 0.2) is 5.65 Å². The fourth-order valence-corrected chi connectivity index (χ4v) is 4.96. The maximum atomic E-state index is 12.9. The number of aromatic nitrogens is 3. The van der Waals surface area contributed by atoms with Gasteiger partial charge in [-0.05, 0) is 42.8 Å². The number of pyridine rings is 1.